The van der Waals surface area contributed by atoms with Gasteiger partial charge < -0.3 is 9.90 Å². The molecule has 0 aliphatic carbocycles. The van der Waals surface area contributed by atoms with Gasteiger partial charge in [-0.25, -0.2) is 0 Å². The molecule has 0 unspecified atom stereocenters. The minimum Gasteiger partial charge on any atom is -0.545 e. The zero-order chi connectivity index (χ0) is 12.7. The van der Waals surface area contributed by atoms with Crippen molar-refractivity contribution in [1.29, 1.82) is 0 Å². The minimum atomic E-state index is -1.17. The number of carbonyl (C=O) groups excluding carboxylic acids is 1. The lowest BCUT2D eigenvalue weighted by molar-refractivity contribution is -0.255. The molecule has 0 saturated carbocycles. The van der Waals surface area contributed by atoms with E-state index in [1.807, 2.05) is 6.21 Å². The lowest BCUT2D eigenvalue weighted by atomic mass is 10.1. The van der Waals surface area contributed by atoms with Crippen LogP contribution in [0.25, 0.3) is 0 Å². The average Bonchev–Trinajstić information content (AvgIpc) is 2.35. The van der Waals surface area contributed by atoms with E-state index in [1.165, 1.54) is 12.1 Å². The number of carbonyl (C=O) groups is 1. The molecule has 1 aromatic carbocycles. The lowest BCUT2D eigenvalue weighted by Crippen LogP contribution is -2.21. The predicted octanol–water partition coefficient (Wildman–Crippen LogP) is 1.88. The second kappa shape index (κ2) is 6.68. The monoisotopic (exact) mass is 233 g/mol. The van der Waals surface area contributed by atoms with Gasteiger partial charge in [0.1, 0.15) is 0 Å². The normalized spacial score (nSPS) is 11.0. The Balaban J connectivity index is 2.55. The van der Waals surface area contributed by atoms with E-state index in [4.69, 9.17) is 0 Å². The van der Waals surface area contributed by atoms with Gasteiger partial charge in [-0.3, -0.25) is 5.43 Å². The Morgan fingerprint density at radius 2 is 1.94 bits per heavy atom. The van der Waals surface area contributed by atoms with Gasteiger partial charge in [-0.15, -0.1) is 0 Å². The third kappa shape index (κ3) is 4.26. The molecular formula is C13H17N2O2-. The zero-order valence-corrected chi connectivity index (χ0v) is 10.1. The Labute approximate surface area is 101 Å². The van der Waals surface area contributed by atoms with Crippen LogP contribution >= 0.6 is 0 Å². The predicted molar refractivity (Wildman–Crippen MR) is 67.0 cm³/mol. The summed E-state index contributed by atoms with van der Waals surface area (Å²) in [6, 6.07) is 6.30. The highest BCUT2D eigenvalue weighted by Crippen LogP contribution is 2.09. The fourth-order valence-corrected chi connectivity index (χ4v) is 1.40. The summed E-state index contributed by atoms with van der Waals surface area (Å²) in [4.78, 5) is 10.5. The molecule has 0 spiro atoms. The van der Waals surface area contributed by atoms with E-state index in [1.54, 1.807) is 12.1 Å². The SMILES string of the molecule is CCC(/C=N\Nc1ccc(C(=O)[O-])cc1)CC. The third-order valence-corrected chi connectivity index (χ3v) is 2.65. The highest BCUT2D eigenvalue weighted by atomic mass is 16.4. The molecular weight excluding hydrogens is 216 g/mol. The molecule has 0 radical (unpaired) electrons. The van der Waals surface area contributed by atoms with Crippen LogP contribution in [-0.2, 0) is 0 Å². The Morgan fingerprint density at radius 1 is 1.35 bits per heavy atom. The van der Waals surface area contributed by atoms with Crippen molar-refractivity contribution in [2.45, 2.75) is 26.7 Å². The van der Waals surface area contributed by atoms with Crippen LogP contribution in [0.4, 0.5) is 5.69 Å². The first-order chi connectivity index (χ1) is 8.17. The van der Waals surface area contributed by atoms with Crippen LogP contribution in [-0.4, -0.2) is 12.2 Å². The van der Waals surface area contributed by atoms with Gasteiger partial charge in [0.15, 0.2) is 0 Å². The second-order valence-corrected chi connectivity index (χ2v) is 3.83. The maximum atomic E-state index is 10.5. The van der Waals surface area contributed by atoms with Crippen molar-refractivity contribution in [3.05, 3.63) is 29.8 Å². The molecule has 0 fully saturated rings. The Bertz CT molecular complexity index is 381. The van der Waals surface area contributed by atoms with Crippen LogP contribution < -0.4 is 10.5 Å². The molecule has 92 valence electrons. The van der Waals surface area contributed by atoms with E-state index in [0.29, 0.717) is 5.92 Å². The van der Waals surface area contributed by atoms with Crippen molar-refractivity contribution >= 4 is 17.9 Å². The summed E-state index contributed by atoms with van der Waals surface area (Å²) in [7, 11) is 0. The van der Waals surface area contributed by atoms with Gasteiger partial charge >= 0.3 is 0 Å². The van der Waals surface area contributed by atoms with Crippen LogP contribution in [0.1, 0.15) is 37.0 Å². The molecule has 0 aliphatic heterocycles. The molecule has 4 heteroatoms. The number of hydrogen-bond donors (Lipinski definition) is 1. The maximum Gasteiger partial charge on any atom is 0.0715 e. The van der Waals surface area contributed by atoms with E-state index in [9.17, 15) is 9.90 Å². The number of aromatic carboxylic acids is 1. The first kappa shape index (κ1) is 13.2. The van der Waals surface area contributed by atoms with Crippen LogP contribution in [0.15, 0.2) is 29.4 Å². The van der Waals surface area contributed by atoms with Crippen LogP contribution in [0.2, 0.25) is 0 Å². The smallest absolute Gasteiger partial charge is 0.0715 e. The number of carboxylic acid groups (broad SMARTS) is 1. The zero-order valence-electron chi connectivity index (χ0n) is 10.1. The van der Waals surface area contributed by atoms with E-state index < -0.39 is 5.97 Å². The Hall–Kier alpha value is -1.84. The van der Waals surface area contributed by atoms with E-state index in [-0.39, 0.29) is 5.56 Å². The van der Waals surface area contributed by atoms with Crippen LogP contribution in [0, 0.1) is 5.92 Å². The number of rotatable bonds is 6. The van der Waals surface area contributed by atoms with Gasteiger partial charge in [0.2, 0.25) is 0 Å². The molecule has 0 amide bonds. The molecule has 0 saturated heterocycles. The molecule has 1 aromatic rings. The summed E-state index contributed by atoms with van der Waals surface area (Å²) >= 11 is 0. The molecule has 0 heterocycles. The van der Waals surface area contributed by atoms with Crippen molar-refractivity contribution in [3.8, 4) is 0 Å². The minimum absolute atomic E-state index is 0.166. The van der Waals surface area contributed by atoms with Gasteiger partial charge in [-0.2, -0.15) is 5.10 Å². The van der Waals surface area contributed by atoms with Gasteiger partial charge in [-0.05, 0) is 36.5 Å². The number of benzene rings is 1. The highest BCUT2D eigenvalue weighted by molar-refractivity contribution is 5.86. The van der Waals surface area contributed by atoms with Crippen molar-refractivity contribution in [2.75, 3.05) is 5.43 Å². The molecule has 0 bridgehead atoms. The summed E-state index contributed by atoms with van der Waals surface area (Å²) in [6.45, 7) is 4.24. The highest BCUT2D eigenvalue weighted by Gasteiger charge is 1.98. The van der Waals surface area contributed by atoms with Crippen LogP contribution in [0.3, 0.4) is 0 Å². The van der Waals surface area contributed by atoms with E-state index in [2.05, 4.69) is 24.4 Å². The van der Waals surface area contributed by atoms with Gasteiger partial charge in [-0.1, -0.05) is 26.0 Å². The molecule has 1 N–H and O–H groups in total. The van der Waals surface area contributed by atoms with E-state index >= 15 is 0 Å². The average molecular weight is 233 g/mol. The topological polar surface area (TPSA) is 64.5 Å². The number of nitrogens with one attached hydrogen (secondary N) is 1. The van der Waals surface area contributed by atoms with Crippen molar-refractivity contribution < 1.29 is 9.90 Å². The second-order valence-electron chi connectivity index (χ2n) is 3.83. The Kier molecular flexibility index (Phi) is 5.20. The maximum absolute atomic E-state index is 10.5. The van der Waals surface area contributed by atoms with Gasteiger partial charge in [0, 0.05) is 6.21 Å². The standard InChI is InChI=1S/C13H18N2O2/c1-3-10(4-2)9-14-15-12-7-5-11(6-8-12)13(16)17/h5-10,15H,3-4H2,1-2H3,(H,16,17)/p-1/b14-9-. The number of nitrogens with zero attached hydrogens (tertiary/aromatic N) is 1. The molecule has 1 rings (SSSR count). The quantitative estimate of drug-likeness (QED) is 0.602. The summed E-state index contributed by atoms with van der Waals surface area (Å²) in [6.07, 6.45) is 4.00. The molecule has 4 nitrogen and oxygen atoms in total. The van der Waals surface area contributed by atoms with Crippen LogP contribution in [0.5, 0.6) is 0 Å². The molecule has 17 heavy (non-hydrogen) atoms. The summed E-state index contributed by atoms with van der Waals surface area (Å²) < 4.78 is 0. The number of anilines is 1. The largest absolute Gasteiger partial charge is 0.545 e. The summed E-state index contributed by atoms with van der Waals surface area (Å²) in [5.74, 6) is -0.693. The van der Waals surface area contributed by atoms with Gasteiger partial charge in [0.25, 0.3) is 0 Å². The first-order valence-corrected chi connectivity index (χ1v) is 5.78. The van der Waals surface area contributed by atoms with Crippen molar-refractivity contribution in [3.63, 3.8) is 0 Å². The molecule has 0 aliphatic rings. The number of carboxylic acids is 1. The molecule has 0 aromatic heterocycles. The third-order valence-electron chi connectivity index (χ3n) is 2.65. The van der Waals surface area contributed by atoms with Gasteiger partial charge in [0.05, 0.1) is 11.7 Å². The molecule has 0 atom stereocenters. The lowest BCUT2D eigenvalue weighted by Gasteiger charge is -2.06. The van der Waals surface area contributed by atoms with E-state index in [0.717, 1.165) is 18.5 Å². The first-order valence-electron chi connectivity index (χ1n) is 5.78. The summed E-state index contributed by atoms with van der Waals surface area (Å²) in [5.41, 5.74) is 3.79. The van der Waals surface area contributed by atoms with Crippen molar-refractivity contribution in [2.24, 2.45) is 11.0 Å². The number of hydrogen-bond acceptors (Lipinski definition) is 4. The number of hydrazone groups is 1. The fraction of sp³-hybridized carbons (Fsp3) is 0.385. The summed E-state index contributed by atoms with van der Waals surface area (Å²) in [5, 5.41) is 14.7. The fourth-order valence-electron chi connectivity index (χ4n) is 1.40. The Morgan fingerprint density at radius 3 is 2.41 bits per heavy atom. The van der Waals surface area contributed by atoms with Crippen molar-refractivity contribution in [1.82, 2.24) is 0 Å².